The van der Waals surface area contributed by atoms with E-state index in [1.54, 1.807) is 0 Å². The summed E-state index contributed by atoms with van der Waals surface area (Å²) in [4.78, 5) is 0. The molecule has 0 bridgehead atoms. The number of rotatable bonds is 2. The molecule has 54 valence electrons. The van der Waals surface area contributed by atoms with Gasteiger partial charge in [-0.3, -0.25) is 0 Å². The van der Waals surface area contributed by atoms with Crippen LogP contribution in [-0.4, -0.2) is 35.6 Å². The van der Waals surface area contributed by atoms with Crippen LogP contribution in [0.5, 0.6) is 0 Å². The molecule has 0 aromatic carbocycles. The van der Waals surface area contributed by atoms with Crippen molar-refractivity contribution in [2.24, 2.45) is 0 Å². The highest BCUT2D eigenvalue weighted by atomic mass is 16.5. The van der Waals surface area contributed by atoms with Gasteiger partial charge in [0, 0.05) is 6.61 Å². The predicted molar refractivity (Wildman–Crippen MR) is 32.1 cm³/mol. The SMILES string of the molecule is OC[C@@H](O)[C@@H]1CCCO1. The molecule has 0 radical (unpaired) electrons. The van der Waals surface area contributed by atoms with E-state index in [9.17, 15) is 0 Å². The van der Waals surface area contributed by atoms with Gasteiger partial charge in [0.2, 0.25) is 0 Å². The zero-order chi connectivity index (χ0) is 6.69. The van der Waals surface area contributed by atoms with Gasteiger partial charge in [-0.15, -0.1) is 0 Å². The van der Waals surface area contributed by atoms with Crippen molar-refractivity contribution in [1.29, 1.82) is 0 Å². The Balaban J connectivity index is 2.24. The van der Waals surface area contributed by atoms with E-state index in [-0.39, 0.29) is 12.7 Å². The lowest BCUT2D eigenvalue weighted by atomic mass is 10.1. The second-order valence-electron chi connectivity index (χ2n) is 2.30. The molecule has 3 heteroatoms. The molecule has 0 saturated carbocycles. The molecular formula is C6H12O3. The molecule has 0 aromatic heterocycles. The third-order valence-corrected chi connectivity index (χ3v) is 1.58. The molecule has 1 fully saturated rings. The Morgan fingerprint density at radius 3 is 2.89 bits per heavy atom. The Kier molecular flexibility index (Phi) is 2.45. The number of aliphatic hydroxyl groups is 2. The van der Waals surface area contributed by atoms with Crippen LogP contribution in [0.4, 0.5) is 0 Å². The summed E-state index contributed by atoms with van der Waals surface area (Å²) in [5, 5.41) is 17.4. The van der Waals surface area contributed by atoms with Crippen molar-refractivity contribution >= 4 is 0 Å². The average Bonchev–Trinajstić information content (AvgIpc) is 2.37. The summed E-state index contributed by atoms with van der Waals surface area (Å²) in [5.74, 6) is 0. The summed E-state index contributed by atoms with van der Waals surface area (Å²) in [6.45, 7) is 0.534. The quantitative estimate of drug-likeness (QED) is 0.533. The van der Waals surface area contributed by atoms with Crippen LogP contribution in [0.3, 0.4) is 0 Å². The molecule has 1 heterocycles. The first-order chi connectivity index (χ1) is 4.34. The van der Waals surface area contributed by atoms with Gasteiger partial charge < -0.3 is 14.9 Å². The average molecular weight is 132 g/mol. The Bertz CT molecular complexity index is 78.4. The second-order valence-corrected chi connectivity index (χ2v) is 2.30. The normalized spacial score (nSPS) is 30.7. The van der Waals surface area contributed by atoms with Crippen molar-refractivity contribution in [1.82, 2.24) is 0 Å². The lowest BCUT2D eigenvalue weighted by Gasteiger charge is -2.13. The highest BCUT2D eigenvalue weighted by Gasteiger charge is 2.22. The zero-order valence-corrected chi connectivity index (χ0v) is 5.29. The highest BCUT2D eigenvalue weighted by molar-refractivity contribution is 4.72. The van der Waals surface area contributed by atoms with Gasteiger partial charge in [0.25, 0.3) is 0 Å². The maximum absolute atomic E-state index is 8.98. The first-order valence-electron chi connectivity index (χ1n) is 3.25. The molecule has 3 nitrogen and oxygen atoms in total. The van der Waals surface area contributed by atoms with Gasteiger partial charge in [-0.05, 0) is 12.8 Å². The molecular weight excluding hydrogens is 120 g/mol. The lowest BCUT2D eigenvalue weighted by Crippen LogP contribution is -2.28. The van der Waals surface area contributed by atoms with Gasteiger partial charge in [-0.1, -0.05) is 0 Å². The Hall–Kier alpha value is -0.120. The molecule has 0 aliphatic carbocycles. The summed E-state index contributed by atoms with van der Waals surface area (Å²) in [6, 6.07) is 0. The number of aliphatic hydroxyl groups excluding tert-OH is 2. The van der Waals surface area contributed by atoms with Gasteiger partial charge in [-0.2, -0.15) is 0 Å². The van der Waals surface area contributed by atoms with Crippen LogP contribution in [0.1, 0.15) is 12.8 Å². The fourth-order valence-electron chi connectivity index (χ4n) is 1.02. The van der Waals surface area contributed by atoms with Crippen LogP contribution in [0, 0.1) is 0 Å². The number of hydrogen-bond acceptors (Lipinski definition) is 3. The third-order valence-electron chi connectivity index (χ3n) is 1.58. The molecule has 1 aliphatic rings. The van der Waals surface area contributed by atoms with Gasteiger partial charge in [0.15, 0.2) is 0 Å². The summed E-state index contributed by atoms with van der Waals surface area (Å²) in [5.41, 5.74) is 0. The van der Waals surface area contributed by atoms with Gasteiger partial charge >= 0.3 is 0 Å². The Morgan fingerprint density at radius 2 is 2.44 bits per heavy atom. The van der Waals surface area contributed by atoms with Crippen molar-refractivity contribution in [3.05, 3.63) is 0 Å². The minimum atomic E-state index is -0.674. The summed E-state index contributed by atoms with van der Waals surface area (Å²) in [7, 11) is 0. The van der Waals surface area contributed by atoms with E-state index in [1.165, 1.54) is 0 Å². The molecule has 1 aliphatic heterocycles. The molecule has 0 unspecified atom stereocenters. The summed E-state index contributed by atoms with van der Waals surface area (Å²) in [6.07, 6.45) is 1.09. The van der Waals surface area contributed by atoms with Crippen molar-refractivity contribution in [3.8, 4) is 0 Å². The van der Waals surface area contributed by atoms with E-state index in [0.717, 1.165) is 19.4 Å². The van der Waals surface area contributed by atoms with E-state index in [0.29, 0.717) is 0 Å². The van der Waals surface area contributed by atoms with Crippen molar-refractivity contribution in [3.63, 3.8) is 0 Å². The first-order valence-corrected chi connectivity index (χ1v) is 3.25. The zero-order valence-electron chi connectivity index (χ0n) is 5.29. The third kappa shape index (κ3) is 1.64. The smallest absolute Gasteiger partial charge is 0.103 e. The van der Waals surface area contributed by atoms with E-state index in [2.05, 4.69) is 0 Å². The van der Waals surface area contributed by atoms with Gasteiger partial charge in [-0.25, -0.2) is 0 Å². The topological polar surface area (TPSA) is 49.7 Å². The number of ether oxygens (including phenoxy) is 1. The summed E-state index contributed by atoms with van der Waals surface area (Å²) >= 11 is 0. The lowest BCUT2D eigenvalue weighted by molar-refractivity contribution is -0.0282. The molecule has 0 spiro atoms. The minimum absolute atomic E-state index is 0.116. The van der Waals surface area contributed by atoms with Crippen LogP contribution in [0.2, 0.25) is 0 Å². The molecule has 2 atom stereocenters. The van der Waals surface area contributed by atoms with E-state index < -0.39 is 6.10 Å². The molecule has 1 rings (SSSR count). The maximum Gasteiger partial charge on any atom is 0.103 e. The largest absolute Gasteiger partial charge is 0.394 e. The van der Waals surface area contributed by atoms with E-state index >= 15 is 0 Å². The van der Waals surface area contributed by atoms with Crippen LogP contribution >= 0.6 is 0 Å². The van der Waals surface area contributed by atoms with Crippen molar-refractivity contribution in [2.75, 3.05) is 13.2 Å². The van der Waals surface area contributed by atoms with Crippen LogP contribution in [0.15, 0.2) is 0 Å². The molecule has 1 saturated heterocycles. The fourth-order valence-corrected chi connectivity index (χ4v) is 1.02. The molecule has 2 N–H and O–H groups in total. The first kappa shape index (κ1) is 6.99. The van der Waals surface area contributed by atoms with Crippen molar-refractivity contribution < 1.29 is 14.9 Å². The summed E-state index contributed by atoms with van der Waals surface area (Å²) < 4.78 is 5.10. The van der Waals surface area contributed by atoms with Crippen molar-refractivity contribution in [2.45, 2.75) is 25.0 Å². The molecule has 9 heavy (non-hydrogen) atoms. The predicted octanol–water partition coefficient (Wildman–Crippen LogP) is -0.481. The fraction of sp³-hybridized carbons (Fsp3) is 1.00. The maximum atomic E-state index is 8.98. The molecule has 0 amide bonds. The van der Waals surface area contributed by atoms with Crippen LogP contribution < -0.4 is 0 Å². The Morgan fingerprint density at radius 1 is 1.67 bits per heavy atom. The number of hydrogen-bond donors (Lipinski definition) is 2. The minimum Gasteiger partial charge on any atom is -0.394 e. The Labute approximate surface area is 54.3 Å². The second kappa shape index (κ2) is 3.15. The van der Waals surface area contributed by atoms with Crippen LogP contribution in [-0.2, 0) is 4.74 Å². The van der Waals surface area contributed by atoms with Crippen LogP contribution in [0.25, 0.3) is 0 Å². The standard InChI is InChI=1S/C6H12O3/c7-4-5(8)6-2-1-3-9-6/h5-8H,1-4H2/t5-,6+/m1/s1. The monoisotopic (exact) mass is 132 g/mol. The van der Waals surface area contributed by atoms with E-state index in [1.807, 2.05) is 0 Å². The van der Waals surface area contributed by atoms with E-state index in [4.69, 9.17) is 14.9 Å². The van der Waals surface area contributed by atoms with Gasteiger partial charge in [0.1, 0.15) is 6.10 Å². The molecule has 0 aromatic rings. The van der Waals surface area contributed by atoms with Gasteiger partial charge in [0.05, 0.1) is 12.7 Å². The highest BCUT2D eigenvalue weighted by Crippen LogP contribution is 2.14.